The number of rotatable bonds is 4. The normalized spacial score (nSPS) is 17.4. The van der Waals surface area contributed by atoms with Crippen LogP contribution in [0.25, 0.3) is 5.53 Å². The fraction of sp³-hybridized carbons (Fsp3) is 0.533. The zero-order valence-electron chi connectivity index (χ0n) is 12.8. The molecule has 1 aromatic rings. The highest BCUT2D eigenvalue weighted by Crippen LogP contribution is 2.34. The molecular weight excluding hydrogens is 270 g/mol. The van der Waals surface area contributed by atoms with Crippen molar-refractivity contribution < 1.29 is 19.4 Å². The molecule has 6 nitrogen and oxygen atoms in total. The Morgan fingerprint density at radius 1 is 1.29 bits per heavy atom. The molecule has 2 rings (SSSR count). The van der Waals surface area contributed by atoms with Gasteiger partial charge < -0.3 is 20.1 Å². The van der Waals surface area contributed by atoms with Gasteiger partial charge in [-0.2, -0.15) is 0 Å². The van der Waals surface area contributed by atoms with E-state index in [1.807, 2.05) is 26.0 Å². The highest BCUT2D eigenvalue weighted by Gasteiger charge is 2.33. The van der Waals surface area contributed by atoms with Gasteiger partial charge in [0.05, 0.1) is 27.2 Å². The third-order valence-corrected chi connectivity index (χ3v) is 3.76. The summed E-state index contributed by atoms with van der Waals surface area (Å²) in [6.07, 6.45) is 0.0930. The molecule has 1 unspecified atom stereocenters. The first-order valence-electron chi connectivity index (χ1n) is 6.95. The van der Waals surface area contributed by atoms with E-state index in [2.05, 4.69) is 5.11 Å². The van der Waals surface area contributed by atoms with Crippen molar-refractivity contribution in [2.24, 2.45) is 5.92 Å². The van der Waals surface area contributed by atoms with E-state index in [0.29, 0.717) is 24.5 Å². The van der Waals surface area contributed by atoms with Crippen molar-refractivity contribution >= 4 is 5.91 Å². The first-order valence-corrected chi connectivity index (χ1v) is 6.95. The van der Waals surface area contributed by atoms with Crippen LogP contribution in [0, 0.1) is 5.92 Å². The molecule has 0 radical (unpaired) electrons. The fourth-order valence-electron chi connectivity index (χ4n) is 2.59. The molecule has 1 heterocycles. The van der Waals surface area contributed by atoms with Crippen LogP contribution in [-0.4, -0.2) is 31.2 Å². The Labute approximate surface area is 124 Å². The number of ether oxygens (including phenoxy) is 2. The lowest BCUT2D eigenvalue weighted by Gasteiger charge is -2.33. The van der Waals surface area contributed by atoms with E-state index in [0.717, 1.165) is 11.1 Å². The molecule has 0 spiro atoms. The molecular formula is C15H21N3O3. The van der Waals surface area contributed by atoms with Crippen molar-refractivity contribution in [3.63, 3.8) is 0 Å². The minimum Gasteiger partial charge on any atom is -0.507 e. The summed E-state index contributed by atoms with van der Waals surface area (Å²) in [4.78, 5) is 13.9. The van der Waals surface area contributed by atoms with Gasteiger partial charge in [0.25, 0.3) is 0 Å². The van der Waals surface area contributed by atoms with Gasteiger partial charge in [-0.25, -0.2) is 0 Å². The standard InChI is InChI=1S/C15H21N3O3/c1-9(2)15(19)18-8-11-6-13(21-4)12(20-3)5-10(11)7-14(18)17-16/h5-6,9,14,17H,7-8H2,1-4H3. The van der Waals surface area contributed by atoms with Crippen molar-refractivity contribution in [1.29, 1.82) is 0 Å². The number of nitrogens with zero attached hydrogens (tertiary/aromatic N) is 2. The second kappa shape index (κ2) is 6.11. The highest BCUT2D eigenvalue weighted by atomic mass is 16.5. The number of carbonyl (C=O) groups excluding carboxylic acids is 1. The lowest BCUT2D eigenvalue weighted by Crippen LogP contribution is -2.79. The van der Waals surface area contributed by atoms with Crippen LogP contribution in [0.4, 0.5) is 0 Å². The maximum absolute atomic E-state index is 12.3. The van der Waals surface area contributed by atoms with Gasteiger partial charge in [0.2, 0.25) is 12.1 Å². The average molecular weight is 291 g/mol. The van der Waals surface area contributed by atoms with E-state index in [1.54, 1.807) is 19.1 Å². The molecule has 1 aromatic carbocycles. The van der Waals surface area contributed by atoms with Crippen LogP contribution in [0.2, 0.25) is 0 Å². The monoisotopic (exact) mass is 291 g/mol. The van der Waals surface area contributed by atoms with Gasteiger partial charge in [-0.3, -0.25) is 9.69 Å². The van der Waals surface area contributed by atoms with Crippen molar-refractivity contribution in [2.75, 3.05) is 14.2 Å². The molecule has 0 fully saturated rings. The average Bonchev–Trinajstić information content (AvgIpc) is 2.51. The Hall–Kier alpha value is -2.11. The largest absolute Gasteiger partial charge is 0.507 e. The van der Waals surface area contributed by atoms with E-state index in [-0.39, 0.29) is 11.8 Å². The van der Waals surface area contributed by atoms with Crippen LogP contribution in [0.1, 0.15) is 25.0 Å². The number of carbonyl (C=O) groups is 1. The van der Waals surface area contributed by atoms with Crippen molar-refractivity contribution in [3.05, 3.63) is 28.8 Å². The van der Waals surface area contributed by atoms with Crippen LogP contribution >= 0.6 is 0 Å². The Morgan fingerprint density at radius 3 is 2.33 bits per heavy atom. The Balaban J connectivity index is 2.40. The lowest BCUT2D eigenvalue weighted by atomic mass is 9.95. The molecule has 1 aliphatic heterocycles. The van der Waals surface area contributed by atoms with Crippen molar-refractivity contribution in [3.8, 4) is 11.5 Å². The van der Waals surface area contributed by atoms with E-state index < -0.39 is 6.17 Å². The Morgan fingerprint density at radius 2 is 1.86 bits per heavy atom. The molecule has 1 amide bonds. The van der Waals surface area contributed by atoms with Crippen molar-refractivity contribution in [2.45, 2.75) is 33.0 Å². The van der Waals surface area contributed by atoms with Gasteiger partial charge in [0.15, 0.2) is 11.5 Å². The van der Waals surface area contributed by atoms with Crippen LogP contribution in [-0.2, 0) is 17.8 Å². The maximum atomic E-state index is 12.3. The highest BCUT2D eigenvalue weighted by molar-refractivity contribution is 5.78. The molecule has 0 aliphatic carbocycles. The number of nitrogens with one attached hydrogen (secondary N) is 1. The van der Waals surface area contributed by atoms with E-state index in [9.17, 15) is 10.3 Å². The predicted molar refractivity (Wildman–Crippen MR) is 76.7 cm³/mol. The number of amides is 1. The smallest absolute Gasteiger partial charge is 0.230 e. The fourth-order valence-corrected chi connectivity index (χ4v) is 2.59. The van der Waals surface area contributed by atoms with E-state index in [1.165, 1.54) is 0 Å². The van der Waals surface area contributed by atoms with E-state index in [4.69, 9.17) is 9.47 Å². The number of hydrogen-bond acceptors (Lipinski definition) is 3. The summed E-state index contributed by atoms with van der Waals surface area (Å²) in [5, 5.41) is 2.23. The molecule has 114 valence electrons. The predicted octanol–water partition coefficient (Wildman–Crippen LogP) is 0.673. The van der Waals surface area contributed by atoms with Crippen LogP contribution in [0.3, 0.4) is 0 Å². The van der Waals surface area contributed by atoms with Crippen LogP contribution in [0.5, 0.6) is 11.5 Å². The number of benzene rings is 1. The van der Waals surface area contributed by atoms with Crippen LogP contribution in [0.15, 0.2) is 12.1 Å². The number of hydrogen-bond donors (Lipinski definition) is 1. The lowest BCUT2D eigenvalue weighted by molar-refractivity contribution is -0.552. The third kappa shape index (κ3) is 2.84. The SMILES string of the molecule is COc1cc2c(cc1OC)CN(C(=O)C(C)C)C([NH+]=[N-])C2. The van der Waals surface area contributed by atoms with Crippen LogP contribution < -0.4 is 14.6 Å². The van der Waals surface area contributed by atoms with Gasteiger partial charge in [-0.1, -0.05) is 13.8 Å². The minimum atomic E-state index is -0.425. The number of fused-ring (bicyclic) bond motifs is 1. The summed E-state index contributed by atoms with van der Waals surface area (Å²) >= 11 is 0. The molecule has 1 atom stereocenters. The molecule has 21 heavy (non-hydrogen) atoms. The van der Waals surface area contributed by atoms with Gasteiger partial charge in [0, 0.05) is 5.92 Å². The van der Waals surface area contributed by atoms with E-state index >= 15 is 0 Å². The van der Waals surface area contributed by atoms with Crippen molar-refractivity contribution in [1.82, 2.24) is 4.90 Å². The topological polar surface area (TPSA) is 75.0 Å². The molecule has 0 aromatic heterocycles. The Bertz CT molecular complexity index is 557. The molecule has 0 saturated carbocycles. The molecule has 0 saturated heterocycles. The summed E-state index contributed by atoms with van der Waals surface area (Å²) in [5.74, 6) is 1.17. The first kappa shape index (κ1) is 15.3. The molecule has 6 heteroatoms. The summed E-state index contributed by atoms with van der Waals surface area (Å²) in [7, 11) is 3.17. The van der Waals surface area contributed by atoms with Gasteiger partial charge in [-0.05, 0) is 23.3 Å². The second-order valence-electron chi connectivity index (χ2n) is 5.45. The Kier molecular flexibility index (Phi) is 4.45. The summed E-state index contributed by atoms with van der Waals surface area (Å²) in [5.41, 5.74) is 11.4. The van der Waals surface area contributed by atoms with Gasteiger partial charge in [0.1, 0.15) is 0 Å². The molecule has 0 bridgehead atoms. The summed E-state index contributed by atoms with van der Waals surface area (Å²) in [6.45, 7) is 4.13. The van der Waals surface area contributed by atoms with Gasteiger partial charge >= 0.3 is 0 Å². The number of methoxy groups -OCH3 is 2. The zero-order chi connectivity index (χ0) is 15.6. The van der Waals surface area contributed by atoms with Gasteiger partial charge in [-0.15, -0.1) is 0 Å². The maximum Gasteiger partial charge on any atom is 0.230 e. The third-order valence-electron chi connectivity index (χ3n) is 3.76. The molecule has 1 N–H and O–H groups in total. The minimum absolute atomic E-state index is 0.00184. The second-order valence-corrected chi connectivity index (χ2v) is 5.45. The summed E-state index contributed by atoms with van der Waals surface area (Å²) in [6, 6.07) is 3.79. The quantitative estimate of drug-likeness (QED) is 0.829. The molecule has 1 aliphatic rings. The summed E-state index contributed by atoms with van der Waals surface area (Å²) < 4.78 is 10.6. The first-order chi connectivity index (χ1) is 10.0. The zero-order valence-corrected chi connectivity index (χ0v) is 12.8.